The minimum absolute atomic E-state index is 0.158. The predicted octanol–water partition coefficient (Wildman–Crippen LogP) is 1.90. The van der Waals surface area contributed by atoms with Gasteiger partial charge in [-0.3, -0.25) is 5.84 Å². The molecule has 0 heterocycles. The molecule has 1 aromatic carbocycles. The number of rotatable bonds is 7. The van der Waals surface area contributed by atoms with E-state index in [9.17, 15) is 0 Å². The van der Waals surface area contributed by atoms with Crippen molar-refractivity contribution in [3.8, 4) is 0 Å². The monoisotopic (exact) mass is 238 g/mol. The number of ether oxygens (including phenoxy) is 2. The van der Waals surface area contributed by atoms with Gasteiger partial charge in [0, 0.05) is 13.2 Å². The number of aryl methyl sites for hydroxylation is 1. The maximum atomic E-state index is 5.61. The normalized spacial score (nSPS) is 13.0. The largest absolute Gasteiger partial charge is 0.351 e. The van der Waals surface area contributed by atoms with Crippen LogP contribution < -0.4 is 11.3 Å². The zero-order valence-electron chi connectivity index (χ0n) is 10.8. The fourth-order valence-electron chi connectivity index (χ4n) is 1.76. The number of benzene rings is 1. The molecule has 3 N–H and O–H groups in total. The molecule has 1 rings (SSSR count). The number of nitrogens with one attached hydrogen (secondary N) is 1. The van der Waals surface area contributed by atoms with E-state index in [4.69, 9.17) is 15.3 Å². The molecule has 0 aromatic heterocycles. The summed E-state index contributed by atoms with van der Waals surface area (Å²) in [5.74, 6) is 5.61. The highest BCUT2D eigenvalue weighted by Crippen LogP contribution is 2.20. The van der Waals surface area contributed by atoms with E-state index in [1.807, 2.05) is 39.0 Å². The second-order valence-corrected chi connectivity index (χ2v) is 3.84. The molecule has 0 fully saturated rings. The van der Waals surface area contributed by atoms with E-state index in [2.05, 4.69) is 11.5 Å². The fourth-order valence-corrected chi connectivity index (χ4v) is 1.76. The number of nitrogens with two attached hydrogens (primary N) is 1. The second-order valence-electron chi connectivity index (χ2n) is 3.84. The molecule has 1 atom stereocenters. The molecule has 0 aliphatic heterocycles. The lowest BCUT2D eigenvalue weighted by Crippen LogP contribution is -2.39. The van der Waals surface area contributed by atoms with Gasteiger partial charge in [-0.1, -0.05) is 29.8 Å². The van der Waals surface area contributed by atoms with Gasteiger partial charge in [0.25, 0.3) is 0 Å². The predicted molar refractivity (Wildman–Crippen MR) is 68.3 cm³/mol. The molecule has 1 aromatic rings. The second kappa shape index (κ2) is 7.40. The molecule has 4 nitrogen and oxygen atoms in total. The summed E-state index contributed by atoms with van der Waals surface area (Å²) in [6.45, 7) is 7.11. The van der Waals surface area contributed by atoms with Crippen LogP contribution in [0, 0.1) is 6.92 Å². The molecule has 0 saturated heterocycles. The standard InChI is InChI=1S/C13H22N2O2/c1-4-16-13(17-5-2)12(15-14)11-8-6-7-10(3)9-11/h6-9,12-13,15H,4-5,14H2,1-3H3. The average Bonchev–Trinajstić information content (AvgIpc) is 2.31. The Kier molecular flexibility index (Phi) is 6.15. The number of hydrogen-bond donors (Lipinski definition) is 2. The average molecular weight is 238 g/mol. The molecule has 0 aliphatic rings. The molecule has 0 bridgehead atoms. The van der Waals surface area contributed by atoms with Crippen LogP contribution in [0.15, 0.2) is 24.3 Å². The zero-order chi connectivity index (χ0) is 12.7. The van der Waals surface area contributed by atoms with Crippen molar-refractivity contribution in [1.82, 2.24) is 5.43 Å². The molecule has 0 radical (unpaired) electrons. The highest BCUT2D eigenvalue weighted by molar-refractivity contribution is 5.25. The van der Waals surface area contributed by atoms with E-state index in [0.29, 0.717) is 13.2 Å². The van der Waals surface area contributed by atoms with E-state index in [-0.39, 0.29) is 12.3 Å². The maximum Gasteiger partial charge on any atom is 0.178 e. The van der Waals surface area contributed by atoms with Gasteiger partial charge >= 0.3 is 0 Å². The van der Waals surface area contributed by atoms with Crippen molar-refractivity contribution in [2.45, 2.75) is 33.1 Å². The minimum Gasteiger partial charge on any atom is -0.351 e. The molecule has 0 saturated carbocycles. The fraction of sp³-hybridized carbons (Fsp3) is 0.538. The molecular formula is C13H22N2O2. The Bertz CT molecular complexity index is 325. The van der Waals surface area contributed by atoms with Crippen LogP contribution in [0.1, 0.15) is 31.0 Å². The Morgan fingerprint density at radius 1 is 1.24 bits per heavy atom. The Labute approximate surface area is 103 Å². The molecule has 1 unspecified atom stereocenters. The van der Waals surface area contributed by atoms with Crippen molar-refractivity contribution in [3.63, 3.8) is 0 Å². The van der Waals surface area contributed by atoms with Gasteiger partial charge in [-0.15, -0.1) is 0 Å². The zero-order valence-corrected chi connectivity index (χ0v) is 10.8. The van der Waals surface area contributed by atoms with Gasteiger partial charge < -0.3 is 9.47 Å². The minimum atomic E-state index is -0.364. The van der Waals surface area contributed by atoms with Crippen LogP contribution in [0.3, 0.4) is 0 Å². The topological polar surface area (TPSA) is 56.5 Å². The van der Waals surface area contributed by atoms with Crippen LogP contribution >= 0.6 is 0 Å². The van der Waals surface area contributed by atoms with Crippen LogP contribution in [0.4, 0.5) is 0 Å². The summed E-state index contributed by atoms with van der Waals surface area (Å²) >= 11 is 0. The van der Waals surface area contributed by atoms with Crippen molar-refractivity contribution in [3.05, 3.63) is 35.4 Å². The number of hydrogen-bond acceptors (Lipinski definition) is 4. The Balaban J connectivity index is 2.87. The third kappa shape index (κ3) is 4.09. The quantitative estimate of drug-likeness (QED) is 0.433. The summed E-state index contributed by atoms with van der Waals surface area (Å²) in [4.78, 5) is 0. The molecule has 0 aliphatic carbocycles. The van der Waals surface area contributed by atoms with Gasteiger partial charge in [-0.25, -0.2) is 5.43 Å². The molecule has 0 spiro atoms. The molecule has 96 valence electrons. The summed E-state index contributed by atoms with van der Waals surface area (Å²) in [5, 5.41) is 0. The third-order valence-corrected chi connectivity index (χ3v) is 2.51. The maximum absolute atomic E-state index is 5.61. The molecule has 0 amide bonds. The van der Waals surface area contributed by atoms with Crippen molar-refractivity contribution in [2.24, 2.45) is 5.84 Å². The lowest BCUT2D eigenvalue weighted by molar-refractivity contribution is -0.155. The Morgan fingerprint density at radius 2 is 1.88 bits per heavy atom. The lowest BCUT2D eigenvalue weighted by Gasteiger charge is -2.26. The summed E-state index contributed by atoms with van der Waals surface area (Å²) in [5.41, 5.74) is 5.02. The van der Waals surface area contributed by atoms with Gasteiger partial charge in [0.2, 0.25) is 0 Å². The van der Waals surface area contributed by atoms with Gasteiger partial charge in [-0.2, -0.15) is 0 Å². The Morgan fingerprint density at radius 3 is 2.35 bits per heavy atom. The molecule has 4 heteroatoms. The molecule has 17 heavy (non-hydrogen) atoms. The van der Waals surface area contributed by atoms with Crippen molar-refractivity contribution >= 4 is 0 Å². The first-order chi connectivity index (χ1) is 8.22. The van der Waals surface area contributed by atoms with E-state index < -0.39 is 0 Å². The first-order valence-corrected chi connectivity index (χ1v) is 5.98. The highest BCUT2D eigenvalue weighted by atomic mass is 16.7. The van der Waals surface area contributed by atoms with Crippen molar-refractivity contribution in [1.29, 1.82) is 0 Å². The highest BCUT2D eigenvalue weighted by Gasteiger charge is 2.22. The van der Waals surface area contributed by atoms with Gasteiger partial charge in [0.15, 0.2) is 6.29 Å². The summed E-state index contributed by atoms with van der Waals surface area (Å²) < 4.78 is 11.1. The van der Waals surface area contributed by atoms with Crippen LogP contribution in [0.5, 0.6) is 0 Å². The lowest BCUT2D eigenvalue weighted by atomic mass is 10.0. The van der Waals surface area contributed by atoms with Crippen LogP contribution in [-0.2, 0) is 9.47 Å². The summed E-state index contributed by atoms with van der Waals surface area (Å²) in [6.07, 6.45) is -0.364. The van der Waals surface area contributed by atoms with Crippen LogP contribution in [-0.4, -0.2) is 19.5 Å². The smallest absolute Gasteiger partial charge is 0.178 e. The Hall–Kier alpha value is -0.940. The van der Waals surface area contributed by atoms with Gasteiger partial charge in [-0.05, 0) is 26.3 Å². The van der Waals surface area contributed by atoms with Crippen molar-refractivity contribution < 1.29 is 9.47 Å². The first kappa shape index (κ1) is 14.1. The van der Waals surface area contributed by atoms with E-state index in [1.54, 1.807) is 0 Å². The van der Waals surface area contributed by atoms with Gasteiger partial charge in [0.1, 0.15) is 0 Å². The van der Waals surface area contributed by atoms with Crippen molar-refractivity contribution in [2.75, 3.05) is 13.2 Å². The summed E-state index contributed by atoms with van der Waals surface area (Å²) in [7, 11) is 0. The van der Waals surface area contributed by atoms with E-state index in [0.717, 1.165) is 5.56 Å². The van der Waals surface area contributed by atoms with Crippen LogP contribution in [0.2, 0.25) is 0 Å². The van der Waals surface area contributed by atoms with Gasteiger partial charge in [0.05, 0.1) is 6.04 Å². The third-order valence-electron chi connectivity index (χ3n) is 2.51. The van der Waals surface area contributed by atoms with E-state index >= 15 is 0 Å². The first-order valence-electron chi connectivity index (χ1n) is 5.98. The van der Waals surface area contributed by atoms with E-state index in [1.165, 1.54) is 5.56 Å². The SMILES string of the molecule is CCOC(OCC)C(NN)c1cccc(C)c1. The molecular weight excluding hydrogens is 216 g/mol. The number of hydrazine groups is 1. The summed E-state index contributed by atoms with van der Waals surface area (Å²) in [6, 6.07) is 7.99. The van der Waals surface area contributed by atoms with Crippen LogP contribution in [0.25, 0.3) is 0 Å².